The second-order valence-electron chi connectivity index (χ2n) is 5.76. The molecule has 0 saturated heterocycles. The van der Waals surface area contributed by atoms with Gasteiger partial charge in [0, 0.05) is 32.4 Å². The lowest BCUT2D eigenvalue weighted by molar-refractivity contribution is -0.708. The zero-order valence-corrected chi connectivity index (χ0v) is 15.0. The molecule has 7 heteroatoms. The maximum Gasteiger partial charge on any atom is 0.673 e. The second kappa shape index (κ2) is 9.44. The van der Waals surface area contributed by atoms with Crippen molar-refractivity contribution < 1.29 is 26.6 Å². The second-order valence-corrected chi connectivity index (χ2v) is 5.76. The Morgan fingerprint density at radius 3 is 1.80 bits per heavy atom. The van der Waals surface area contributed by atoms with E-state index in [0.717, 1.165) is 12.3 Å². The Kier molecular flexibility index (Phi) is 7.93. The summed E-state index contributed by atoms with van der Waals surface area (Å²) in [5.41, 5.74) is 5.16. The Morgan fingerprint density at radius 1 is 0.920 bits per heavy atom. The molecule has 25 heavy (non-hydrogen) atoms. The van der Waals surface area contributed by atoms with Crippen molar-refractivity contribution in [1.29, 1.82) is 0 Å². The molecule has 0 unspecified atom stereocenters. The van der Waals surface area contributed by atoms with Crippen LogP contribution in [0.1, 0.15) is 31.2 Å². The van der Waals surface area contributed by atoms with Crippen LogP contribution >= 0.6 is 0 Å². The summed E-state index contributed by atoms with van der Waals surface area (Å²) < 4.78 is 46.6. The third-order valence-electron chi connectivity index (χ3n) is 3.74. The fraction of sp³-hybridized carbons (Fsp3) is 0.389. The lowest BCUT2D eigenvalue weighted by Crippen LogP contribution is -2.40. The summed E-state index contributed by atoms with van der Waals surface area (Å²) in [6.07, 6.45) is 2.46. The Bertz CT molecular complexity index is 643. The SMILES string of the molecule is CCCC[n+]1c(C)cc(-c2ccc(OC)cc2)cc1C.F[B-](F)(F)F. The van der Waals surface area contributed by atoms with E-state index >= 15 is 0 Å². The molecular formula is C18H24BF4NO. The normalized spacial score (nSPS) is 10.9. The van der Waals surface area contributed by atoms with Gasteiger partial charge in [0.25, 0.3) is 0 Å². The number of hydrogen-bond acceptors (Lipinski definition) is 1. The van der Waals surface area contributed by atoms with E-state index in [1.165, 1.54) is 35.4 Å². The monoisotopic (exact) mass is 357 g/mol. The summed E-state index contributed by atoms with van der Waals surface area (Å²) in [6, 6.07) is 12.8. The number of aromatic nitrogens is 1. The molecule has 0 N–H and O–H groups in total. The van der Waals surface area contributed by atoms with Gasteiger partial charge in [0.1, 0.15) is 12.3 Å². The molecule has 1 heterocycles. The molecule has 2 nitrogen and oxygen atoms in total. The highest BCUT2D eigenvalue weighted by atomic mass is 19.5. The number of methoxy groups -OCH3 is 1. The minimum Gasteiger partial charge on any atom is -0.497 e. The Labute approximate surface area is 146 Å². The summed E-state index contributed by atoms with van der Waals surface area (Å²) >= 11 is 0. The number of halogens is 4. The molecule has 0 aliphatic rings. The number of rotatable bonds is 5. The van der Waals surface area contributed by atoms with Crippen LogP contribution in [-0.2, 0) is 6.54 Å². The van der Waals surface area contributed by atoms with Crippen molar-refractivity contribution in [3.8, 4) is 16.9 Å². The summed E-state index contributed by atoms with van der Waals surface area (Å²) in [7, 11) is -4.30. The lowest BCUT2D eigenvalue weighted by Gasteiger charge is -2.08. The van der Waals surface area contributed by atoms with Crippen LogP contribution in [-0.4, -0.2) is 14.4 Å². The molecule has 0 radical (unpaired) electrons. The smallest absolute Gasteiger partial charge is 0.497 e. The fourth-order valence-corrected chi connectivity index (χ4v) is 2.54. The quantitative estimate of drug-likeness (QED) is 0.399. The van der Waals surface area contributed by atoms with Crippen LogP contribution in [0.3, 0.4) is 0 Å². The van der Waals surface area contributed by atoms with Crippen LogP contribution < -0.4 is 9.30 Å². The predicted molar refractivity (Wildman–Crippen MR) is 93.2 cm³/mol. The first-order chi connectivity index (χ1) is 11.7. The topological polar surface area (TPSA) is 13.1 Å². The van der Waals surface area contributed by atoms with E-state index in [4.69, 9.17) is 4.74 Å². The van der Waals surface area contributed by atoms with Crippen molar-refractivity contribution in [1.82, 2.24) is 0 Å². The van der Waals surface area contributed by atoms with E-state index in [2.05, 4.69) is 49.6 Å². The van der Waals surface area contributed by atoms with Crippen molar-refractivity contribution in [3.63, 3.8) is 0 Å². The Balaban J connectivity index is 0.000000550. The molecule has 0 amide bonds. The van der Waals surface area contributed by atoms with Crippen molar-refractivity contribution in [3.05, 3.63) is 47.8 Å². The van der Waals surface area contributed by atoms with Gasteiger partial charge >= 0.3 is 7.25 Å². The van der Waals surface area contributed by atoms with Gasteiger partial charge in [-0.3, -0.25) is 0 Å². The zero-order chi connectivity index (χ0) is 19.0. The van der Waals surface area contributed by atoms with Gasteiger partial charge in [-0.05, 0) is 23.3 Å². The number of aryl methyl sites for hydroxylation is 2. The summed E-state index contributed by atoms with van der Waals surface area (Å²) in [4.78, 5) is 0. The highest BCUT2D eigenvalue weighted by Crippen LogP contribution is 2.23. The maximum absolute atomic E-state index is 9.75. The van der Waals surface area contributed by atoms with Gasteiger partial charge in [-0.25, -0.2) is 4.57 Å². The van der Waals surface area contributed by atoms with E-state index in [1.807, 2.05) is 12.1 Å². The molecule has 0 saturated carbocycles. The van der Waals surface area contributed by atoms with Crippen LogP contribution in [0.2, 0.25) is 0 Å². The van der Waals surface area contributed by atoms with Crippen molar-refractivity contribution in [2.24, 2.45) is 0 Å². The molecule has 2 aromatic rings. The summed E-state index contributed by atoms with van der Waals surface area (Å²) in [6.45, 7) is 7.72. The molecular weight excluding hydrogens is 333 g/mol. The fourth-order valence-electron chi connectivity index (χ4n) is 2.54. The molecule has 0 bridgehead atoms. The van der Waals surface area contributed by atoms with Crippen LogP contribution in [0, 0.1) is 13.8 Å². The Hall–Kier alpha value is -2.05. The van der Waals surface area contributed by atoms with E-state index in [-0.39, 0.29) is 0 Å². The van der Waals surface area contributed by atoms with Gasteiger partial charge in [-0.15, -0.1) is 0 Å². The minimum absolute atomic E-state index is 0.899. The summed E-state index contributed by atoms with van der Waals surface area (Å²) in [5.74, 6) is 0.899. The van der Waals surface area contributed by atoms with Crippen LogP contribution in [0.25, 0.3) is 11.1 Å². The third kappa shape index (κ3) is 7.58. The van der Waals surface area contributed by atoms with E-state index in [9.17, 15) is 17.3 Å². The molecule has 1 aromatic carbocycles. The predicted octanol–water partition coefficient (Wildman–Crippen LogP) is 5.37. The first kappa shape index (κ1) is 21.0. The highest BCUT2D eigenvalue weighted by Gasteiger charge is 2.20. The molecule has 0 aliphatic heterocycles. The number of hydrogen-bond donors (Lipinski definition) is 0. The highest BCUT2D eigenvalue weighted by molar-refractivity contribution is 6.50. The lowest BCUT2D eigenvalue weighted by atomic mass is 10.0. The van der Waals surface area contributed by atoms with Gasteiger partial charge in [-0.1, -0.05) is 25.5 Å². The van der Waals surface area contributed by atoms with Crippen molar-refractivity contribution >= 4 is 7.25 Å². The molecule has 138 valence electrons. The van der Waals surface area contributed by atoms with Gasteiger partial charge < -0.3 is 22.0 Å². The van der Waals surface area contributed by atoms with E-state index < -0.39 is 7.25 Å². The van der Waals surface area contributed by atoms with Gasteiger partial charge in [0.05, 0.1) is 7.11 Å². The molecule has 0 spiro atoms. The molecule has 2 rings (SSSR count). The Morgan fingerprint density at radius 2 is 1.40 bits per heavy atom. The number of pyridine rings is 1. The number of ether oxygens (including phenoxy) is 1. The molecule has 0 aliphatic carbocycles. The average molecular weight is 357 g/mol. The van der Waals surface area contributed by atoms with Crippen molar-refractivity contribution in [2.45, 2.75) is 40.2 Å². The molecule has 0 atom stereocenters. The van der Waals surface area contributed by atoms with E-state index in [0.29, 0.717) is 0 Å². The van der Waals surface area contributed by atoms with Crippen LogP contribution in [0.5, 0.6) is 5.75 Å². The van der Waals surface area contributed by atoms with Crippen LogP contribution in [0.4, 0.5) is 17.3 Å². The summed E-state index contributed by atoms with van der Waals surface area (Å²) in [5, 5.41) is 0. The third-order valence-corrected chi connectivity index (χ3v) is 3.74. The first-order valence-electron chi connectivity index (χ1n) is 8.18. The van der Waals surface area contributed by atoms with Gasteiger partial charge in [0.15, 0.2) is 11.4 Å². The standard InChI is InChI=1S/C18H24NO.BF4/c1-5-6-11-19-14(2)12-17(13-15(19)3)16-7-9-18(20-4)10-8-16;2-1(3,4)5/h7-10,12-13H,5-6,11H2,1-4H3;/q+1;-1. The number of nitrogens with zero attached hydrogens (tertiary/aromatic N) is 1. The maximum atomic E-state index is 9.75. The van der Waals surface area contributed by atoms with Gasteiger partial charge in [-0.2, -0.15) is 0 Å². The largest absolute Gasteiger partial charge is 0.673 e. The van der Waals surface area contributed by atoms with Crippen molar-refractivity contribution in [2.75, 3.05) is 7.11 Å². The van der Waals surface area contributed by atoms with E-state index in [1.54, 1.807) is 7.11 Å². The number of unbranched alkanes of at least 4 members (excludes halogenated alkanes) is 1. The zero-order valence-electron chi connectivity index (χ0n) is 15.0. The first-order valence-corrected chi connectivity index (χ1v) is 8.18. The van der Waals surface area contributed by atoms with Crippen LogP contribution in [0.15, 0.2) is 36.4 Å². The average Bonchev–Trinajstić information content (AvgIpc) is 2.52. The van der Waals surface area contributed by atoms with Gasteiger partial charge in [0.2, 0.25) is 0 Å². The molecule has 0 fully saturated rings. The number of benzene rings is 1. The minimum atomic E-state index is -6.00. The molecule has 1 aromatic heterocycles.